The topological polar surface area (TPSA) is 75.7 Å². The van der Waals surface area contributed by atoms with Crippen LogP contribution in [0.4, 0.5) is 4.79 Å². The minimum absolute atomic E-state index is 0.176. The van der Waals surface area contributed by atoms with E-state index in [1.807, 2.05) is 42.5 Å². The summed E-state index contributed by atoms with van der Waals surface area (Å²) in [6.07, 6.45) is 0.555. The van der Waals surface area contributed by atoms with E-state index < -0.39 is 11.6 Å². The summed E-state index contributed by atoms with van der Waals surface area (Å²) in [4.78, 5) is 38.0. The van der Waals surface area contributed by atoms with Crippen molar-refractivity contribution >= 4 is 28.7 Å². The van der Waals surface area contributed by atoms with Crippen LogP contribution in [0.5, 0.6) is 0 Å². The van der Waals surface area contributed by atoms with Gasteiger partial charge in [0, 0.05) is 13.0 Å². The fourth-order valence-electron chi connectivity index (χ4n) is 3.36. The van der Waals surface area contributed by atoms with E-state index in [0.29, 0.717) is 13.0 Å². The zero-order valence-electron chi connectivity index (χ0n) is 15.0. The Balaban J connectivity index is 1.82. The van der Waals surface area contributed by atoms with Gasteiger partial charge in [-0.25, -0.2) is 4.79 Å². The van der Waals surface area contributed by atoms with E-state index in [9.17, 15) is 14.4 Å². The van der Waals surface area contributed by atoms with Crippen LogP contribution in [0.25, 0.3) is 10.8 Å². The lowest BCUT2D eigenvalue weighted by atomic mass is 9.88. The Bertz CT molecular complexity index is 859. The molecule has 26 heavy (non-hydrogen) atoms. The first kappa shape index (κ1) is 17.9. The second-order valence-corrected chi connectivity index (χ2v) is 6.45. The summed E-state index contributed by atoms with van der Waals surface area (Å²) >= 11 is 0. The predicted octanol–water partition coefficient (Wildman–Crippen LogP) is 2.95. The average molecular weight is 354 g/mol. The number of amides is 3. The maximum absolute atomic E-state index is 13.0. The lowest BCUT2D eigenvalue weighted by Gasteiger charge is -2.24. The first-order valence-electron chi connectivity index (χ1n) is 8.75. The molecule has 1 aliphatic rings. The van der Waals surface area contributed by atoms with Gasteiger partial charge in [0.25, 0.3) is 5.91 Å². The number of carbonyl (C=O) groups excluding carboxylic acids is 3. The molecule has 0 saturated carbocycles. The Labute approximate surface area is 152 Å². The molecule has 0 radical (unpaired) electrons. The molecule has 0 aromatic heterocycles. The number of esters is 1. The Morgan fingerprint density at radius 3 is 2.65 bits per heavy atom. The van der Waals surface area contributed by atoms with E-state index in [-0.39, 0.29) is 24.8 Å². The van der Waals surface area contributed by atoms with Crippen molar-refractivity contribution < 1.29 is 19.1 Å². The fourth-order valence-corrected chi connectivity index (χ4v) is 3.36. The van der Waals surface area contributed by atoms with Gasteiger partial charge in [0.15, 0.2) is 0 Å². The number of carbonyl (C=O) groups is 3. The number of fused-ring (bicyclic) bond motifs is 1. The Morgan fingerprint density at radius 1 is 1.15 bits per heavy atom. The summed E-state index contributed by atoms with van der Waals surface area (Å²) in [5, 5.41) is 4.76. The van der Waals surface area contributed by atoms with Crippen LogP contribution in [0, 0.1) is 0 Å². The minimum Gasteiger partial charge on any atom is -0.466 e. The van der Waals surface area contributed by atoms with E-state index in [1.165, 1.54) is 4.90 Å². The summed E-state index contributed by atoms with van der Waals surface area (Å²) in [6.45, 7) is 3.97. The van der Waals surface area contributed by atoms with Gasteiger partial charge in [0.1, 0.15) is 5.54 Å². The zero-order valence-corrected chi connectivity index (χ0v) is 15.0. The quantitative estimate of drug-likeness (QED) is 0.639. The number of ether oxygens (including phenoxy) is 1. The number of urea groups is 1. The maximum Gasteiger partial charge on any atom is 0.325 e. The van der Waals surface area contributed by atoms with Crippen LogP contribution >= 0.6 is 0 Å². The smallest absolute Gasteiger partial charge is 0.325 e. The number of rotatable bonds is 6. The molecule has 6 nitrogen and oxygen atoms in total. The van der Waals surface area contributed by atoms with E-state index in [0.717, 1.165) is 16.3 Å². The van der Waals surface area contributed by atoms with Crippen LogP contribution in [0.15, 0.2) is 42.5 Å². The first-order chi connectivity index (χ1) is 12.5. The monoisotopic (exact) mass is 354 g/mol. The van der Waals surface area contributed by atoms with Crippen molar-refractivity contribution in [3.8, 4) is 0 Å². The SMILES string of the molecule is CCOC(=O)CCCN1C(=O)N[C@@](C)(c2cccc3ccccc23)C1=O. The second kappa shape index (κ2) is 7.15. The highest BCUT2D eigenvalue weighted by Gasteiger charge is 2.49. The molecule has 0 spiro atoms. The molecule has 0 aliphatic carbocycles. The molecule has 2 aromatic carbocycles. The van der Waals surface area contributed by atoms with Gasteiger partial charge in [-0.2, -0.15) is 0 Å². The summed E-state index contributed by atoms with van der Waals surface area (Å²) in [5.41, 5.74) is -0.358. The summed E-state index contributed by atoms with van der Waals surface area (Å²) in [7, 11) is 0. The Morgan fingerprint density at radius 2 is 1.88 bits per heavy atom. The van der Waals surface area contributed by atoms with Crippen molar-refractivity contribution in [3.63, 3.8) is 0 Å². The van der Waals surface area contributed by atoms with E-state index in [2.05, 4.69) is 5.32 Å². The van der Waals surface area contributed by atoms with E-state index in [4.69, 9.17) is 4.74 Å². The van der Waals surface area contributed by atoms with Crippen molar-refractivity contribution in [1.29, 1.82) is 0 Å². The summed E-state index contributed by atoms with van der Waals surface area (Å²) in [5.74, 6) is -0.626. The lowest BCUT2D eigenvalue weighted by molar-refractivity contribution is -0.143. The van der Waals surface area contributed by atoms with Gasteiger partial charge >= 0.3 is 12.0 Å². The molecule has 3 amide bonds. The molecular formula is C20H22N2O4. The number of nitrogens with zero attached hydrogens (tertiary/aromatic N) is 1. The summed E-state index contributed by atoms with van der Waals surface area (Å²) < 4.78 is 4.88. The van der Waals surface area contributed by atoms with Crippen LogP contribution in [0.3, 0.4) is 0 Å². The van der Waals surface area contributed by atoms with Crippen LogP contribution in [-0.4, -0.2) is 36.0 Å². The zero-order chi connectivity index (χ0) is 18.7. The average Bonchev–Trinajstić information content (AvgIpc) is 2.85. The maximum atomic E-state index is 13.0. The number of hydrogen-bond donors (Lipinski definition) is 1. The minimum atomic E-state index is -1.12. The van der Waals surface area contributed by atoms with Crippen molar-refractivity contribution in [2.75, 3.05) is 13.2 Å². The highest BCUT2D eigenvalue weighted by atomic mass is 16.5. The molecule has 1 fully saturated rings. The van der Waals surface area contributed by atoms with Gasteiger partial charge in [-0.1, -0.05) is 42.5 Å². The van der Waals surface area contributed by atoms with E-state index >= 15 is 0 Å². The van der Waals surface area contributed by atoms with Crippen molar-refractivity contribution in [3.05, 3.63) is 48.0 Å². The lowest BCUT2D eigenvalue weighted by Crippen LogP contribution is -2.41. The third-order valence-electron chi connectivity index (χ3n) is 4.67. The number of nitrogens with one attached hydrogen (secondary N) is 1. The third-order valence-corrected chi connectivity index (χ3v) is 4.67. The van der Waals surface area contributed by atoms with Crippen LogP contribution < -0.4 is 5.32 Å². The standard InChI is InChI=1S/C20H22N2O4/c1-3-26-17(23)12-7-13-22-18(24)20(2,21-19(22)25)16-11-6-9-14-8-4-5-10-15(14)16/h4-6,8-11H,3,7,12-13H2,1-2H3,(H,21,25)/t20-/m0/s1. The van der Waals surface area contributed by atoms with Crippen molar-refractivity contribution in [2.45, 2.75) is 32.2 Å². The Kier molecular flexibility index (Phi) is 4.93. The van der Waals surface area contributed by atoms with Crippen LogP contribution in [0.1, 0.15) is 32.3 Å². The van der Waals surface area contributed by atoms with Gasteiger partial charge in [0.2, 0.25) is 0 Å². The van der Waals surface area contributed by atoms with Crippen molar-refractivity contribution in [2.24, 2.45) is 0 Å². The molecular weight excluding hydrogens is 332 g/mol. The summed E-state index contributed by atoms with van der Waals surface area (Å²) in [6, 6.07) is 13.0. The van der Waals surface area contributed by atoms with E-state index in [1.54, 1.807) is 13.8 Å². The van der Waals surface area contributed by atoms with Gasteiger partial charge in [-0.15, -0.1) is 0 Å². The normalized spacial score (nSPS) is 19.7. The molecule has 1 saturated heterocycles. The van der Waals surface area contributed by atoms with Gasteiger partial charge in [-0.05, 0) is 36.6 Å². The molecule has 1 aliphatic heterocycles. The second-order valence-electron chi connectivity index (χ2n) is 6.45. The highest BCUT2D eigenvalue weighted by molar-refractivity contribution is 6.09. The molecule has 1 N–H and O–H groups in total. The van der Waals surface area contributed by atoms with Gasteiger partial charge in [0.05, 0.1) is 6.61 Å². The van der Waals surface area contributed by atoms with Gasteiger partial charge in [-0.3, -0.25) is 14.5 Å². The highest BCUT2D eigenvalue weighted by Crippen LogP contribution is 2.33. The number of benzene rings is 2. The fraction of sp³-hybridized carbons (Fsp3) is 0.350. The molecule has 0 unspecified atom stereocenters. The molecule has 3 rings (SSSR count). The van der Waals surface area contributed by atoms with Crippen LogP contribution in [-0.2, 0) is 19.9 Å². The third kappa shape index (κ3) is 3.14. The predicted molar refractivity (Wildman–Crippen MR) is 97.4 cm³/mol. The molecule has 1 atom stereocenters. The number of hydrogen-bond acceptors (Lipinski definition) is 4. The van der Waals surface area contributed by atoms with Gasteiger partial charge < -0.3 is 10.1 Å². The molecule has 2 aromatic rings. The first-order valence-corrected chi connectivity index (χ1v) is 8.75. The largest absolute Gasteiger partial charge is 0.466 e. The molecule has 136 valence electrons. The molecule has 6 heteroatoms. The Hall–Kier alpha value is -2.89. The molecule has 1 heterocycles. The van der Waals surface area contributed by atoms with Crippen molar-refractivity contribution in [1.82, 2.24) is 10.2 Å². The number of imide groups is 1. The molecule has 0 bridgehead atoms. The van der Waals surface area contributed by atoms with Crippen LogP contribution in [0.2, 0.25) is 0 Å².